The third-order valence-electron chi connectivity index (χ3n) is 2.83. The van der Waals surface area contributed by atoms with Gasteiger partial charge in [0, 0.05) is 12.6 Å². The van der Waals surface area contributed by atoms with E-state index in [1.807, 2.05) is 4.90 Å². The van der Waals surface area contributed by atoms with E-state index in [0.29, 0.717) is 12.6 Å². The summed E-state index contributed by atoms with van der Waals surface area (Å²) in [6.45, 7) is 0.483. The Bertz CT molecular complexity index is 429. The van der Waals surface area contributed by atoms with Crippen LogP contribution in [0, 0.1) is 0 Å². The molecule has 2 rings (SSSR count). The second kappa shape index (κ2) is 4.63. The maximum atomic E-state index is 10.7. The fourth-order valence-electron chi connectivity index (χ4n) is 1.83. The molecule has 0 radical (unpaired) electrons. The number of carboxylic acid groups (broad SMARTS) is 1. The minimum Gasteiger partial charge on any atom is -0.504 e. The van der Waals surface area contributed by atoms with Gasteiger partial charge in [0.05, 0.1) is 6.54 Å². The number of aliphatic carboxylic acids is 1. The minimum absolute atomic E-state index is 0.00625. The second-order valence-corrected chi connectivity index (χ2v) is 4.35. The summed E-state index contributed by atoms with van der Waals surface area (Å²) in [7, 11) is 0. The molecule has 0 heterocycles. The summed E-state index contributed by atoms with van der Waals surface area (Å²) < 4.78 is 0. The van der Waals surface area contributed by atoms with Crippen molar-refractivity contribution < 1.29 is 20.1 Å². The Balaban J connectivity index is 2.06. The lowest BCUT2D eigenvalue weighted by atomic mass is 10.2. The molecule has 1 aromatic carbocycles. The molecule has 0 spiro atoms. The summed E-state index contributed by atoms with van der Waals surface area (Å²) in [6.07, 6.45) is 2.05. The number of rotatable bonds is 5. The van der Waals surface area contributed by atoms with Gasteiger partial charge in [0.25, 0.3) is 0 Å². The molecule has 0 bridgehead atoms. The van der Waals surface area contributed by atoms with Crippen molar-refractivity contribution in [1.82, 2.24) is 4.90 Å². The Hall–Kier alpha value is -1.75. The fraction of sp³-hybridized carbons (Fsp3) is 0.417. The molecular formula is C12H15NO4. The third kappa shape index (κ3) is 3.10. The van der Waals surface area contributed by atoms with Crippen molar-refractivity contribution in [3.05, 3.63) is 23.8 Å². The SMILES string of the molecule is O=C(O)CN(Cc1ccc(O)c(O)c1)C1CC1. The van der Waals surface area contributed by atoms with Crippen molar-refractivity contribution in [3.8, 4) is 11.5 Å². The number of carbonyl (C=O) groups is 1. The number of benzene rings is 1. The summed E-state index contributed by atoms with van der Waals surface area (Å²) >= 11 is 0. The standard InChI is InChI=1S/C12H15NO4/c14-10-4-1-8(5-11(10)15)6-13(7-12(16)17)9-2-3-9/h1,4-5,9,14-15H,2-3,6-7H2,(H,16,17). The van der Waals surface area contributed by atoms with E-state index in [1.165, 1.54) is 12.1 Å². The molecule has 92 valence electrons. The van der Waals surface area contributed by atoms with Crippen LogP contribution in [-0.4, -0.2) is 38.8 Å². The average Bonchev–Trinajstić information content (AvgIpc) is 3.05. The Labute approximate surface area is 98.9 Å². The van der Waals surface area contributed by atoms with Gasteiger partial charge in [0.1, 0.15) is 0 Å². The van der Waals surface area contributed by atoms with E-state index in [1.54, 1.807) is 6.07 Å². The number of phenols is 2. The number of hydrogen-bond acceptors (Lipinski definition) is 4. The van der Waals surface area contributed by atoms with Gasteiger partial charge in [0.15, 0.2) is 11.5 Å². The van der Waals surface area contributed by atoms with Crippen molar-refractivity contribution >= 4 is 5.97 Å². The van der Waals surface area contributed by atoms with Crippen molar-refractivity contribution in [1.29, 1.82) is 0 Å². The Kier molecular flexibility index (Phi) is 3.19. The van der Waals surface area contributed by atoms with Gasteiger partial charge in [-0.05, 0) is 30.5 Å². The largest absolute Gasteiger partial charge is 0.504 e. The van der Waals surface area contributed by atoms with Gasteiger partial charge in [-0.25, -0.2) is 0 Å². The van der Waals surface area contributed by atoms with E-state index >= 15 is 0 Å². The van der Waals surface area contributed by atoms with Gasteiger partial charge >= 0.3 is 5.97 Å². The number of hydrogen-bond donors (Lipinski definition) is 3. The molecule has 0 unspecified atom stereocenters. The molecule has 0 aromatic heterocycles. The minimum atomic E-state index is -0.847. The number of phenolic OH excluding ortho intramolecular Hbond substituents is 2. The molecule has 1 aliphatic carbocycles. The van der Waals surface area contributed by atoms with E-state index in [4.69, 9.17) is 5.11 Å². The van der Waals surface area contributed by atoms with Crippen LogP contribution in [0.5, 0.6) is 11.5 Å². The zero-order chi connectivity index (χ0) is 12.4. The highest BCUT2D eigenvalue weighted by Gasteiger charge is 2.30. The third-order valence-corrected chi connectivity index (χ3v) is 2.83. The lowest BCUT2D eigenvalue weighted by Gasteiger charge is -2.19. The van der Waals surface area contributed by atoms with E-state index in [0.717, 1.165) is 18.4 Å². The lowest BCUT2D eigenvalue weighted by Crippen LogP contribution is -2.31. The van der Waals surface area contributed by atoms with Crippen LogP contribution in [0.1, 0.15) is 18.4 Å². The quantitative estimate of drug-likeness (QED) is 0.669. The van der Waals surface area contributed by atoms with Crippen LogP contribution in [0.2, 0.25) is 0 Å². The number of nitrogens with zero attached hydrogens (tertiary/aromatic N) is 1. The molecule has 0 amide bonds. The molecule has 0 aliphatic heterocycles. The van der Waals surface area contributed by atoms with Crippen molar-refractivity contribution in [2.75, 3.05) is 6.54 Å². The zero-order valence-electron chi connectivity index (χ0n) is 9.33. The molecule has 3 N–H and O–H groups in total. The van der Waals surface area contributed by atoms with Crippen molar-refractivity contribution in [3.63, 3.8) is 0 Å². The van der Waals surface area contributed by atoms with Gasteiger partial charge in [-0.2, -0.15) is 0 Å². The van der Waals surface area contributed by atoms with E-state index in [9.17, 15) is 15.0 Å². The molecule has 1 saturated carbocycles. The first kappa shape index (κ1) is 11.7. The van der Waals surface area contributed by atoms with Gasteiger partial charge < -0.3 is 15.3 Å². The highest BCUT2D eigenvalue weighted by atomic mass is 16.4. The smallest absolute Gasteiger partial charge is 0.317 e. The fourth-order valence-corrected chi connectivity index (χ4v) is 1.83. The van der Waals surface area contributed by atoms with Crippen LogP contribution >= 0.6 is 0 Å². The van der Waals surface area contributed by atoms with Crippen LogP contribution in [0.15, 0.2) is 18.2 Å². The molecule has 5 nitrogen and oxygen atoms in total. The van der Waals surface area contributed by atoms with Gasteiger partial charge in [-0.3, -0.25) is 9.69 Å². The van der Waals surface area contributed by atoms with Crippen LogP contribution in [-0.2, 0) is 11.3 Å². The molecule has 0 saturated heterocycles. The molecular weight excluding hydrogens is 222 g/mol. The molecule has 1 aliphatic rings. The topological polar surface area (TPSA) is 81.0 Å². The molecule has 0 atom stereocenters. The van der Waals surface area contributed by atoms with Crippen LogP contribution < -0.4 is 0 Å². The summed E-state index contributed by atoms with van der Waals surface area (Å²) in [5.41, 5.74) is 0.799. The molecule has 1 fully saturated rings. The van der Waals surface area contributed by atoms with Gasteiger partial charge in [-0.1, -0.05) is 6.07 Å². The maximum Gasteiger partial charge on any atom is 0.317 e. The maximum absolute atomic E-state index is 10.7. The van der Waals surface area contributed by atoms with Crippen LogP contribution in [0.3, 0.4) is 0 Å². The van der Waals surface area contributed by atoms with Crippen LogP contribution in [0.25, 0.3) is 0 Å². The second-order valence-electron chi connectivity index (χ2n) is 4.35. The first-order valence-corrected chi connectivity index (χ1v) is 5.53. The van der Waals surface area contributed by atoms with Crippen molar-refractivity contribution in [2.24, 2.45) is 0 Å². The summed E-state index contributed by atoms with van der Waals surface area (Å²) in [5.74, 6) is -1.18. The van der Waals surface area contributed by atoms with Gasteiger partial charge in [-0.15, -0.1) is 0 Å². The molecule has 17 heavy (non-hydrogen) atoms. The molecule has 5 heteroatoms. The summed E-state index contributed by atoms with van der Waals surface area (Å²) in [6, 6.07) is 4.90. The zero-order valence-corrected chi connectivity index (χ0v) is 9.33. The molecule has 1 aromatic rings. The highest BCUT2D eigenvalue weighted by molar-refractivity contribution is 5.69. The van der Waals surface area contributed by atoms with E-state index < -0.39 is 5.97 Å². The Morgan fingerprint density at radius 1 is 1.29 bits per heavy atom. The van der Waals surface area contributed by atoms with Crippen LogP contribution in [0.4, 0.5) is 0 Å². The van der Waals surface area contributed by atoms with E-state index in [-0.39, 0.29) is 18.0 Å². The summed E-state index contributed by atoms with van der Waals surface area (Å²) in [4.78, 5) is 12.6. The normalized spacial score (nSPS) is 15.1. The predicted octanol–water partition coefficient (Wildman–Crippen LogP) is 1.15. The lowest BCUT2D eigenvalue weighted by molar-refractivity contribution is -0.138. The summed E-state index contributed by atoms with van der Waals surface area (Å²) in [5, 5.41) is 27.4. The number of carboxylic acids is 1. The highest BCUT2D eigenvalue weighted by Crippen LogP contribution is 2.30. The number of aromatic hydroxyl groups is 2. The van der Waals surface area contributed by atoms with E-state index in [2.05, 4.69) is 0 Å². The first-order chi connectivity index (χ1) is 8.06. The van der Waals surface area contributed by atoms with Gasteiger partial charge in [0.2, 0.25) is 0 Å². The Morgan fingerprint density at radius 3 is 2.53 bits per heavy atom. The monoisotopic (exact) mass is 237 g/mol. The predicted molar refractivity (Wildman–Crippen MR) is 60.8 cm³/mol. The first-order valence-electron chi connectivity index (χ1n) is 5.53. The Morgan fingerprint density at radius 2 is 2.00 bits per heavy atom. The van der Waals surface area contributed by atoms with Crippen molar-refractivity contribution in [2.45, 2.75) is 25.4 Å². The average molecular weight is 237 g/mol.